The second-order valence-electron chi connectivity index (χ2n) is 7.17. The molecule has 140 valence electrons. The Balaban J connectivity index is 2.05. The Morgan fingerprint density at radius 3 is 2.38 bits per heavy atom. The van der Waals surface area contributed by atoms with Gasteiger partial charge in [-0.2, -0.15) is 5.10 Å². The number of hydrogen-bond acceptors (Lipinski definition) is 4. The van der Waals surface area contributed by atoms with Crippen molar-refractivity contribution in [2.24, 2.45) is 0 Å². The van der Waals surface area contributed by atoms with Crippen LogP contribution in [-0.2, 0) is 10.3 Å². The number of benzene rings is 1. The highest BCUT2D eigenvalue weighted by Gasteiger charge is 2.22. The van der Waals surface area contributed by atoms with E-state index in [0.29, 0.717) is 11.3 Å². The number of ether oxygens (including phenoxy) is 1. The fourth-order valence-electron chi connectivity index (χ4n) is 2.66. The molecule has 0 aliphatic carbocycles. The molecule has 0 fully saturated rings. The number of hydrogen-bond donors (Lipinski definition) is 2. The third kappa shape index (κ3) is 4.62. The highest BCUT2D eigenvalue weighted by atomic mass is 16.5. The Hall–Kier alpha value is -2.83. The van der Waals surface area contributed by atoms with Crippen LogP contribution in [-0.4, -0.2) is 33.4 Å². The molecule has 1 aromatic carbocycles. The van der Waals surface area contributed by atoms with E-state index in [1.807, 2.05) is 39.3 Å². The lowest BCUT2D eigenvalue weighted by atomic mass is 10.1. The number of nitrogens with zero attached hydrogens (tertiary/aromatic N) is 2. The van der Waals surface area contributed by atoms with Gasteiger partial charge in [0.2, 0.25) is 0 Å². The molecule has 0 radical (unpaired) electrons. The molecule has 0 bridgehead atoms. The van der Waals surface area contributed by atoms with Crippen molar-refractivity contribution >= 4 is 11.9 Å². The molecule has 2 N–H and O–H groups in total. The number of carbonyl (C=O) groups excluding carboxylic acids is 1. The number of carbonyl (C=O) groups is 2. The molecular weight excluding hydrogens is 334 g/mol. The minimum absolute atomic E-state index is 0.184. The zero-order valence-corrected chi connectivity index (χ0v) is 15.7. The molecule has 1 unspecified atom stereocenters. The van der Waals surface area contributed by atoms with Gasteiger partial charge in [0.15, 0.2) is 6.61 Å². The summed E-state index contributed by atoms with van der Waals surface area (Å²) in [5.41, 5.74) is 2.06. The van der Waals surface area contributed by atoms with Gasteiger partial charge in [-0.25, -0.2) is 4.79 Å². The van der Waals surface area contributed by atoms with Crippen molar-refractivity contribution in [3.05, 3.63) is 47.3 Å². The minimum Gasteiger partial charge on any atom is -0.482 e. The summed E-state index contributed by atoms with van der Waals surface area (Å²) < 4.78 is 6.94. The summed E-state index contributed by atoms with van der Waals surface area (Å²) in [4.78, 5) is 23.1. The first-order valence-corrected chi connectivity index (χ1v) is 8.40. The number of carboxylic acids is 1. The number of aromatic nitrogens is 2. The lowest BCUT2D eigenvalue weighted by molar-refractivity contribution is -0.139. The van der Waals surface area contributed by atoms with Crippen molar-refractivity contribution in [1.82, 2.24) is 15.1 Å². The van der Waals surface area contributed by atoms with E-state index >= 15 is 0 Å². The van der Waals surface area contributed by atoms with Gasteiger partial charge >= 0.3 is 5.97 Å². The summed E-state index contributed by atoms with van der Waals surface area (Å²) in [6.07, 6.45) is 1.59. The number of aliphatic carboxylic acids is 1. The van der Waals surface area contributed by atoms with Gasteiger partial charge in [0, 0.05) is 5.69 Å². The van der Waals surface area contributed by atoms with Gasteiger partial charge in [0.1, 0.15) is 5.75 Å². The van der Waals surface area contributed by atoms with Crippen molar-refractivity contribution in [3.8, 4) is 5.75 Å². The van der Waals surface area contributed by atoms with Gasteiger partial charge in [-0.3, -0.25) is 9.48 Å². The largest absolute Gasteiger partial charge is 0.482 e. The van der Waals surface area contributed by atoms with Crippen molar-refractivity contribution in [3.63, 3.8) is 0 Å². The summed E-state index contributed by atoms with van der Waals surface area (Å²) >= 11 is 0. The highest BCUT2D eigenvalue weighted by Crippen LogP contribution is 2.21. The zero-order valence-electron chi connectivity index (χ0n) is 15.7. The quantitative estimate of drug-likeness (QED) is 0.827. The van der Waals surface area contributed by atoms with E-state index in [1.54, 1.807) is 30.5 Å². The first kappa shape index (κ1) is 19.5. The van der Waals surface area contributed by atoms with Crippen LogP contribution in [0.3, 0.4) is 0 Å². The average Bonchev–Trinajstić information content (AvgIpc) is 2.95. The van der Waals surface area contributed by atoms with Crippen LogP contribution in [0.1, 0.15) is 55.4 Å². The van der Waals surface area contributed by atoms with Gasteiger partial charge in [0.25, 0.3) is 5.91 Å². The minimum atomic E-state index is -1.03. The molecule has 2 rings (SSSR count). The van der Waals surface area contributed by atoms with Crippen LogP contribution < -0.4 is 10.1 Å². The molecule has 1 atom stereocenters. The maximum absolute atomic E-state index is 12.6. The Morgan fingerprint density at radius 2 is 1.88 bits per heavy atom. The molecular formula is C19H25N3O4. The third-order valence-electron chi connectivity index (χ3n) is 3.98. The maximum atomic E-state index is 12.6. The van der Waals surface area contributed by atoms with E-state index in [-0.39, 0.29) is 24.1 Å². The average molecular weight is 359 g/mol. The van der Waals surface area contributed by atoms with Gasteiger partial charge < -0.3 is 15.2 Å². The fraction of sp³-hybridized carbons (Fsp3) is 0.421. The van der Waals surface area contributed by atoms with E-state index in [9.17, 15) is 9.59 Å². The molecule has 0 aliphatic rings. The van der Waals surface area contributed by atoms with Gasteiger partial charge in [-0.15, -0.1) is 0 Å². The van der Waals surface area contributed by atoms with Crippen molar-refractivity contribution in [1.29, 1.82) is 0 Å². The first-order chi connectivity index (χ1) is 12.1. The van der Waals surface area contributed by atoms with Crippen LogP contribution in [0.4, 0.5) is 0 Å². The number of rotatable bonds is 6. The number of amides is 1. The van der Waals surface area contributed by atoms with Gasteiger partial charge in [0.05, 0.1) is 23.3 Å². The predicted molar refractivity (Wildman–Crippen MR) is 97.4 cm³/mol. The summed E-state index contributed by atoms with van der Waals surface area (Å²) in [6, 6.07) is 6.75. The molecule has 1 heterocycles. The first-order valence-electron chi connectivity index (χ1n) is 8.40. The lowest BCUT2D eigenvalue weighted by Gasteiger charge is -2.21. The maximum Gasteiger partial charge on any atom is 0.341 e. The summed E-state index contributed by atoms with van der Waals surface area (Å²) in [5, 5.41) is 15.9. The van der Waals surface area contributed by atoms with Gasteiger partial charge in [-0.05, 0) is 52.3 Å². The fourth-order valence-corrected chi connectivity index (χ4v) is 2.66. The van der Waals surface area contributed by atoms with Crippen LogP contribution in [0.5, 0.6) is 5.75 Å². The van der Waals surface area contributed by atoms with Crippen molar-refractivity contribution in [2.45, 2.75) is 46.2 Å². The summed E-state index contributed by atoms with van der Waals surface area (Å²) in [7, 11) is 0. The lowest BCUT2D eigenvalue weighted by Crippen LogP contribution is -2.28. The van der Waals surface area contributed by atoms with Crippen LogP contribution in [0, 0.1) is 6.92 Å². The molecule has 7 heteroatoms. The Morgan fingerprint density at radius 1 is 1.27 bits per heavy atom. The van der Waals surface area contributed by atoms with Crippen molar-refractivity contribution in [2.75, 3.05) is 6.61 Å². The third-order valence-corrected chi connectivity index (χ3v) is 3.98. The number of carboxylic acid groups (broad SMARTS) is 1. The topological polar surface area (TPSA) is 93.4 Å². The Kier molecular flexibility index (Phi) is 5.69. The van der Waals surface area contributed by atoms with Gasteiger partial charge in [-0.1, -0.05) is 12.1 Å². The van der Waals surface area contributed by atoms with Crippen LogP contribution in [0.25, 0.3) is 0 Å². The smallest absolute Gasteiger partial charge is 0.341 e. The second kappa shape index (κ2) is 7.59. The second-order valence-corrected chi connectivity index (χ2v) is 7.17. The molecule has 7 nitrogen and oxygen atoms in total. The normalized spacial score (nSPS) is 12.5. The van der Waals surface area contributed by atoms with Crippen LogP contribution >= 0.6 is 0 Å². The van der Waals surface area contributed by atoms with Crippen LogP contribution in [0.15, 0.2) is 30.5 Å². The highest BCUT2D eigenvalue weighted by molar-refractivity contribution is 5.95. The van der Waals surface area contributed by atoms with E-state index in [4.69, 9.17) is 9.84 Å². The molecule has 26 heavy (non-hydrogen) atoms. The van der Waals surface area contributed by atoms with E-state index < -0.39 is 5.97 Å². The molecule has 1 aromatic heterocycles. The Labute approximate surface area is 153 Å². The van der Waals surface area contributed by atoms with E-state index in [1.165, 1.54) is 0 Å². The van der Waals surface area contributed by atoms with E-state index in [0.717, 1.165) is 11.3 Å². The predicted octanol–water partition coefficient (Wildman–Crippen LogP) is 2.90. The zero-order chi connectivity index (χ0) is 19.5. The van der Waals surface area contributed by atoms with Crippen LogP contribution in [0.2, 0.25) is 0 Å². The molecule has 1 amide bonds. The number of nitrogens with one attached hydrogen (secondary N) is 1. The summed E-state index contributed by atoms with van der Waals surface area (Å²) in [6.45, 7) is 9.48. The molecule has 0 saturated heterocycles. The monoisotopic (exact) mass is 359 g/mol. The molecule has 2 aromatic rings. The molecule has 0 spiro atoms. The van der Waals surface area contributed by atoms with Crippen molar-refractivity contribution < 1.29 is 19.4 Å². The molecule has 0 aliphatic heterocycles. The molecule has 0 saturated carbocycles. The SMILES string of the molecule is Cc1c(C(=O)NC(C)c2ccc(OCC(=O)O)cc2)cnn1C(C)(C)C. The van der Waals surface area contributed by atoms with E-state index in [2.05, 4.69) is 10.4 Å². The standard InChI is InChI=1S/C19H25N3O4/c1-12(14-6-8-15(9-7-14)26-11-17(23)24)21-18(25)16-10-20-22(13(16)2)19(3,4)5/h6-10,12H,11H2,1-5H3,(H,21,25)(H,23,24). The Bertz CT molecular complexity index is 788. The summed E-state index contributed by atoms with van der Waals surface area (Å²) in [5.74, 6) is -0.741.